The van der Waals surface area contributed by atoms with Crippen molar-refractivity contribution in [2.24, 2.45) is 0 Å². The molecule has 0 aliphatic rings. The molecule has 1 N–H and O–H groups in total. The minimum atomic E-state index is -0.981. The molecule has 0 fully saturated rings. The molecule has 0 aromatic carbocycles. The predicted molar refractivity (Wildman–Crippen MR) is 52.1 cm³/mol. The van der Waals surface area contributed by atoms with Gasteiger partial charge in [-0.15, -0.1) is 0 Å². The molecule has 0 heterocycles. The van der Waals surface area contributed by atoms with Crippen LogP contribution in [0.5, 0.6) is 0 Å². The van der Waals surface area contributed by atoms with E-state index in [2.05, 4.69) is 43.9 Å². The van der Waals surface area contributed by atoms with Crippen LogP contribution in [0.2, 0.25) is 39.3 Å². The second kappa shape index (κ2) is 7.34. The molecule has 0 unspecified atom stereocenters. The normalized spacial score (nSPS) is 11.5. The topological polar surface area (TPSA) is 12.0 Å². The zero-order valence-corrected chi connectivity index (χ0v) is 16.6. The minimum Gasteiger partial charge on any atom is -1.00 e. The quantitative estimate of drug-likeness (QED) is 0.481. The van der Waals surface area contributed by atoms with E-state index in [1.165, 1.54) is 0 Å². The largest absolute Gasteiger partial charge is 1.00 e. The van der Waals surface area contributed by atoms with Gasteiger partial charge in [-0.3, -0.25) is 0 Å². The van der Waals surface area contributed by atoms with E-state index in [-0.39, 0.29) is 83.8 Å². The summed E-state index contributed by atoms with van der Waals surface area (Å²) < 4.78 is 3.74. The van der Waals surface area contributed by atoms with Gasteiger partial charge in [0.25, 0.3) is 0 Å². The fourth-order valence-electron chi connectivity index (χ4n) is 1.12. The average Bonchev–Trinajstić information content (AvgIpc) is 1.14. The molecular weight excluding hydrogens is 204 g/mol. The van der Waals surface area contributed by atoms with Crippen LogP contribution in [0.4, 0.5) is 0 Å². The summed E-state index contributed by atoms with van der Waals surface area (Å²) in [5.74, 6) is 0. The monoisotopic (exact) mass is 225 g/mol. The fraction of sp³-hybridized carbons (Fsp3) is 1.00. The summed E-state index contributed by atoms with van der Waals surface area (Å²) in [6, 6.07) is 0. The van der Waals surface area contributed by atoms with Crippen molar-refractivity contribution < 1.29 is 83.8 Å². The summed E-state index contributed by atoms with van der Waals surface area (Å²) in [5.41, 5.74) is 0. The molecule has 0 radical (unpaired) electrons. The van der Waals surface area contributed by atoms with Crippen LogP contribution in [-0.4, -0.2) is 16.5 Å². The van der Waals surface area contributed by atoms with Crippen molar-refractivity contribution in [3.63, 3.8) is 0 Å². The molecule has 0 aromatic rings. The maximum Gasteiger partial charge on any atom is 1.00 e. The van der Waals surface area contributed by atoms with Crippen LogP contribution in [0.1, 0.15) is 2.85 Å². The third-order valence-corrected chi connectivity index (χ3v) is 6.75. The Bertz CT molecular complexity index is 93.8. The van der Waals surface area contributed by atoms with Gasteiger partial charge in [0.1, 0.15) is 16.5 Å². The van der Waals surface area contributed by atoms with Gasteiger partial charge >= 0.3 is 80.9 Å². The van der Waals surface area contributed by atoms with Crippen molar-refractivity contribution >= 4 is 16.5 Å². The van der Waals surface area contributed by atoms with E-state index in [9.17, 15) is 0 Å². The van der Waals surface area contributed by atoms with Gasteiger partial charge in [0, 0.05) is 0 Å². The molecule has 0 saturated carbocycles. The fourth-order valence-corrected chi connectivity index (χ4v) is 10.1. The van der Waals surface area contributed by atoms with Crippen molar-refractivity contribution in [3.8, 4) is 0 Å². The van der Waals surface area contributed by atoms with Crippen LogP contribution in [0, 0.1) is 0 Å². The van der Waals surface area contributed by atoms with Crippen LogP contribution < -0.4 is 85.6 Å². The number of hydrogen-bond acceptors (Lipinski definition) is 1. The first-order chi connectivity index (χ1) is 3.71. The van der Waals surface area contributed by atoms with Gasteiger partial charge in [-0.2, -0.15) is 0 Å². The van der Waals surface area contributed by atoms with E-state index in [1.54, 1.807) is 0 Å². The molecule has 0 aliphatic heterocycles. The van der Waals surface area contributed by atoms with E-state index in [0.29, 0.717) is 0 Å². The Kier molecular flexibility index (Phi) is 13.1. The maximum absolute atomic E-state index is 3.74. The van der Waals surface area contributed by atoms with E-state index in [4.69, 9.17) is 0 Å². The number of hydrogen-bond donors (Lipinski definition) is 1. The van der Waals surface area contributed by atoms with Crippen molar-refractivity contribution in [3.05, 3.63) is 0 Å². The molecular formula is C6H21KNNaSi2. The molecule has 1 nitrogen and oxygen atoms in total. The SMILES string of the molecule is C[Si](C)(C)N[Si](C)(C)C.[H-].[H-].[K+].[Na+]. The standard InChI is InChI=1S/C6H19NSi2.K.Na.2H/c1-8(2,3)7-9(4,5)6;;;;/h7H,1-6H3;;;;/q;2*+1;2*-1. The van der Waals surface area contributed by atoms with E-state index >= 15 is 0 Å². The number of rotatable bonds is 2. The summed E-state index contributed by atoms with van der Waals surface area (Å²) in [5, 5.41) is 0. The Morgan fingerprint density at radius 1 is 0.818 bits per heavy atom. The van der Waals surface area contributed by atoms with Crippen molar-refractivity contribution in [1.29, 1.82) is 0 Å². The summed E-state index contributed by atoms with van der Waals surface area (Å²) in [6.45, 7) is 14.1. The molecule has 5 heteroatoms. The van der Waals surface area contributed by atoms with Crippen molar-refractivity contribution in [2.45, 2.75) is 39.3 Å². The van der Waals surface area contributed by atoms with Crippen LogP contribution in [-0.2, 0) is 0 Å². The van der Waals surface area contributed by atoms with Crippen LogP contribution in [0.15, 0.2) is 0 Å². The molecule has 0 spiro atoms. The molecule has 0 saturated heterocycles. The predicted octanol–water partition coefficient (Wildman–Crippen LogP) is -3.52. The smallest absolute Gasteiger partial charge is 1.00 e. The van der Waals surface area contributed by atoms with E-state index in [0.717, 1.165) is 0 Å². The summed E-state index contributed by atoms with van der Waals surface area (Å²) >= 11 is 0. The first kappa shape index (κ1) is 19.6. The van der Waals surface area contributed by atoms with Gasteiger partial charge in [0.2, 0.25) is 0 Å². The van der Waals surface area contributed by atoms with Gasteiger partial charge in [-0.25, -0.2) is 0 Å². The summed E-state index contributed by atoms with van der Waals surface area (Å²) in [4.78, 5) is 0. The van der Waals surface area contributed by atoms with E-state index < -0.39 is 16.5 Å². The molecule has 0 rings (SSSR count). The second-order valence-electron chi connectivity index (χ2n) is 4.62. The zero-order valence-electron chi connectivity index (χ0n) is 11.5. The molecule has 0 aromatic heterocycles. The number of nitrogens with one attached hydrogen (secondary N) is 1. The molecule has 0 aliphatic carbocycles. The van der Waals surface area contributed by atoms with Crippen molar-refractivity contribution in [1.82, 2.24) is 4.65 Å². The third kappa shape index (κ3) is 19.4. The Hall–Kier alpha value is 3.03. The summed E-state index contributed by atoms with van der Waals surface area (Å²) in [7, 11) is -1.96. The molecule has 60 valence electrons. The van der Waals surface area contributed by atoms with Gasteiger partial charge in [0.15, 0.2) is 0 Å². The first-order valence-electron chi connectivity index (χ1n) is 3.50. The van der Waals surface area contributed by atoms with E-state index in [1.807, 2.05) is 0 Å². The first-order valence-corrected chi connectivity index (χ1v) is 10.5. The molecule has 11 heavy (non-hydrogen) atoms. The molecule has 0 atom stereocenters. The Labute approximate surface area is 141 Å². The van der Waals surface area contributed by atoms with Crippen LogP contribution >= 0.6 is 0 Å². The zero-order chi connectivity index (χ0) is 7.71. The molecule has 0 amide bonds. The third-order valence-electron chi connectivity index (χ3n) is 0.750. The summed E-state index contributed by atoms with van der Waals surface area (Å²) in [6.07, 6.45) is 0. The Balaban J connectivity index is -0.0000000533. The second-order valence-corrected chi connectivity index (χ2v) is 14.6. The van der Waals surface area contributed by atoms with Gasteiger partial charge in [-0.05, 0) is 0 Å². The molecule has 0 bridgehead atoms. The van der Waals surface area contributed by atoms with Crippen LogP contribution in [0.3, 0.4) is 0 Å². The van der Waals surface area contributed by atoms with Crippen LogP contribution in [0.25, 0.3) is 0 Å². The van der Waals surface area contributed by atoms with Gasteiger partial charge in [0.05, 0.1) is 0 Å². The van der Waals surface area contributed by atoms with Gasteiger partial charge < -0.3 is 7.50 Å². The van der Waals surface area contributed by atoms with Crippen molar-refractivity contribution in [2.75, 3.05) is 0 Å². The average molecular weight is 226 g/mol. The van der Waals surface area contributed by atoms with Gasteiger partial charge in [-0.1, -0.05) is 39.3 Å². The minimum absolute atomic E-state index is 0. The maximum atomic E-state index is 3.74. The Morgan fingerprint density at radius 2 is 1.00 bits per heavy atom. The Morgan fingerprint density at radius 3 is 1.00 bits per heavy atom.